The van der Waals surface area contributed by atoms with E-state index in [4.69, 9.17) is 16.6 Å². The van der Waals surface area contributed by atoms with Crippen molar-refractivity contribution in [2.45, 2.75) is 38.8 Å². The van der Waals surface area contributed by atoms with Crippen molar-refractivity contribution in [2.24, 2.45) is 16.5 Å². The minimum atomic E-state index is -1.07. The van der Waals surface area contributed by atoms with Gasteiger partial charge in [-0.15, -0.1) is 0 Å². The highest BCUT2D eigenvalue weighted by Gasteiger charge is 2.14. The number of carbonyl (C=O) groups is 2. The van der Waals surface area contributed by atoms with Crippen LogP contribution in [-0.4, -0.2) is 29.0 Å². The van der Waals surface area contributed by atoms with Gasteiger partial charge in [0.2, 0.25) is 0 Å². The molecule has 0 saturated heterocycles. The average Bonchev–Trinajstić information content (AvgIpc) is 2.83. The molecule has 7 heteroatoms. The van der Waals surface area contributed by atoms with Gasteiger partial charge in [0.1, 0.15) is 6.04 Å². The van der Waals surface area contributed by atoms with Crippen LogP contribution in [0.1, 0.15) is 46.8 Å². The van der Waals surface area contributed by atoms with Crippen LogP contribution in [0.3, 0.4) is 0 Å². The third-order valence-electron chi connectivity index (χ3n) is 5.54. The van der Waals surface area contributed by atoms with Gasteiger partial charge in [0.15, 0.2) is 5.96 Å². The van der Waals surface area contributed by atoms with Crippen molar-refractivity contribution in [2.75, 3.05) is 0 Å². The van der Waals surface area contributed by atoms with Gasteiger partial charge in [-0.05, 0) is 52.3 Å². The van der Waals surface area contributed by atoms with Gasteiger partial charge in [-0.3, -0.25) is 14.9 Å². The summed E-state index contributed by atoms with van der Waals surface area (Å²) in [6.07, 6.45) is 0.181. The average molecular weight is 459 g/mol. The number of nitrogens with zero attached hydrogens (tertiary/aromatic N) is 1. The maximum absolute atomic E-state index is 12.5. The topological polar surface area (TPSA) is 131 Å². The summed E-state index contributed by atoms with van der Waals surface area (Å²) in [6, 6.07) is 21.9. The zero-order valence-electron chi connectivity index (χ0n) is 19.4. The molecule has 0 fully saturated rings. The van der Waals surface area contributed by atoms with E-state index >= 15 is 0 Å². The summed E-state index contributed by atoms with van der Waals surface area (Å²) in [4.78, 5) is 27.8. The number of guanidine groups is 1. The highest BCUT2D eigenvalue weighted by atomic mass is 16.4. The first kappa shape index (κ1) is 24.7. The lowest BCUT2D eigenvalue weighted by molar-refractivity contribution is -0.138. The molecule has 3 rings (SSSR count). The van der Waals surface area contributed by atoms with Gasteiger partial charge < -0.3 is 16.6 Å². The summed E-state index contributed by atoms with van der Waals surface area (Å²) in [6.45, 7) is 4.65. The standard InChI is InChI=1S/C27H30N4O3/c1-17(2)21-8-5-6-10-23(21)22-9-4-3-7-20(22)16-30-27(29)31-25(32)19-13-11-18(12-14-19)15-24(28)26(33)34/h3-14,17,24H,15-16,28H2,1-2H3,(H,33,34)(H3,29,30,31,32)/t24-/m0/s1. The van der Waals surface area contributed by atoms with Gasteiger partial charge in [0, 0.05) is 5.56 Å². The second-order valence-corrected chi connectivity index (χ2v) is 8.40. The maximum atomic E-state index is 12.5. The first-order valence-electron chi connectivity index (χ1n) is 11.1. The van der Waals surface area contributed by atoms with Gasteiger partial charge in [0.05, 0.1) is 6.54 Å². The van der Waals surface area contributed by atoms with Crippen molar-refractivity contribution in [3.63, 3.8) is 0 Å². The van der Waals surface area contributed by atoms with Crippen LogP contribution in [0.4, 0.5) is 0 Å². The molecule has 0 spiro atoms. The Morgan fingerprint density at radius 3 is 2.21 bits per heavy atom. The highest BCUT2D eigenvalue weighted by molar-refractivity contribution is 6.05. The molecule has 0 heterocycles. The normalized spacial score (nSPS) is 12.4. The minimum Gasteiger partial charge on any atom is -0.480 e. The van der Waals surface area contributed by atoms with Crippen LogP contribution < -0.4 is 16.8 Å². The number of carboxylic acid groups (broad SMARTS) is 1. The number of aliphatic carboxylic acids is 1. The second-order valence-electron chi connectivity index (χ2n) is 8.40. The van der Waals surface area contributed by atoms with E-state index in [1.807, 2.05) is 30.3 Å². The smallest absolute Gasteiger partial charge is 0.320 e. The molecular formula is C27H30N4O3. The van der Waals surface area contributed by atoms with Crippen molar-refractivity contribution in [1.29, 1.82) is 0 Å². The van der Waals surface area contributed by atoms with Gasteiger partial charge >= 0.3 is 5.97 Å². The molecule has 3 aromatic rings. The Labute approximate surface area is 199 Å². The van der Waals surface area contributed by atoms with Crippen molar-refractivity contribution >= 4 is 17.8 Å². The number of hydrogen-bond donors (Lipinski definition) is 4. The molecule has 1 atom stereocenters. The van der Waals surface area contributed by atoms with E-state index in [2.05, 4.69) is 42.4 Å². The van der Waals surface area contributed by atoms with E-state index in [1.54, 1.807) is 24.3 Å². The van der Waals surface area contributed by atoms with Crippen molar-refractivity contribution in [3.05, 3.63) is 95.1 Å². The summed E-state index contributed by atoms with van der Waals surface area (Å²) < 4.78 is 0. The Morgan fingerprint density at radius 2 is 1.56 bits per heavy atom. The number of aliphatic imine (C=N–C) groups is 1. The Bertz CT molecular complexity index is 1190. The molecule has 6 N–H and O–H groups in total. The molecule has 0 bridgehead atoms. The van der Waals surface area contributed by atoms with Gasteiger partial charge in [-0.25, -0.2) is 4.99 Å². The van der Waals surface area contributed by atoms with Crippen LogP contribution in [0.25, 0.3) is 11.1 Å². The summed E-state index contributed by atoms with van der Waals surface area (Å²) in [5, 5.41) is 11.5. The Kier molecular flexibility index (Phi) is 8.16. The van der Waals surface area contributed by atoms with Crippen LogP contribution in [-0.2, 0) is 17.8 Å². The van der Waals surface area contributed by atoms with E-state index in [0.29, 0.717) is 18.0 Å². The largest absolute Gasteiger partial charge is 0.480 e. The van der Waals surface area contributed by atoms with Crippen LogP contribution in [0.2, 0.25) is 0 Å². The summed E-state index contributed by atoms with van der Waals surface area (Å²) in [7, 11) is 0. The Balaban J connectivity index is 1.70. The van der Waals surface area contributed by atoms with Crippen molar-refractivity contribution < 1.29 is 14.7 Å². The van der Waals surface area contributed by atoms with E-state index < -0.39 is 17.9 Å². The first-order valence-corrected chi connectivity index (χ1v) is 11.1. The molecule has 1 amide bonds. The van der Waals surface area contributed by atoms with Crippen LogP contribution in [0.15, 0.2) is 77.8 Å². The molecule has 0 radical (unpaired) electrons. The number of hydrogen-bond acceptors (Lipinski definition) is 4. The van der Waals surface area contributed by atoms with Crippen LogP contribution >= 0.6 is 0 Å². The number of nitrogens with one attached hydrogen (secondary N) is 1. The molecule has 3 aromatic carbocycles. The fourth-order valence-electron chi connectivity index (χ4n) is 3.70. The number of carbonyl (C=O) groups excluding carboxylic acids is 1. The molecule has 0 unspecified atom stereocenters. The first-order chi connectivity index (χ1) is 16.3. The predicted molar refractivity (Wildman–Crippen MR) is 135 cm³/mol. The number of benzene rings is 3. The molecular weight excluding hydrogens is 428 g/mol. The second kappa shape index (κ2) is 11.2. The van der Waals surface area contributed by atoms with E-state index in [9.17, 15) is 9.59 Å². The third-order valence-corrected chi connectivity index (χ3v) is 5.54. The molecule has 34 heavy (non-hydrogen) atoms. The Morgan fingerprint density at radius 1 is 0.941 bits per heavy atom. The Hall–Kier alpha value is -3.97. The van der Waals surface area contributed by atoms with Crippen LogP contribution in [0, 0.1) is 0 Å². The summed E-state index contributed by atoms with van der Waals surface area (Å²) in [5.74, 6) is -1.06. The minimum absolute atomic E-state index is 0.0222. The summed E-state index contributed by atoms with van der Waals surface area (Å²) in [5.41, 5.74) is 17.2. The van der Waals surface area contributed by atoms with Gasteiger partial charge in [-0.1, -0.05) is 74.5 Å². The SMILES string of the molecule is CC(C)c1ccccc1-c1ccccc1CN=C(N)NC(=O)c1ccc(C[C@H](N)C(=O)O)cc1. The molecule has 7 nitrogen and oxygen atoms in total. The monoisotopic (exact) mass is 458 g/mol. The van der Waals surface area contributed by atoms with Crippen molar-refractivity contribution in [3.8, 4) is 11.1 Å². The number of nitrogens with two attached hydrogens (primary N) is 2. The quantitative estimate of drug-likeness (QED) is 0.302. The molecule has 0 aliphatic carbocycles. The predicted octanol–water partition coefficient (Wildman–Crippen LogP) is 3.68. The fourth-order valence-corrected chi connectivity index (χ4v) is 3.70. The van der Waals surface area contributed by atoms with Crippen LogP contribution in [0.5, 0.6) is 0 Å². The lowest BCUT2D eigenvalue weighted by Crippen LogP contribution is -2.36. The number of amides is 1. The van der Waals surface area contributed by atoms with Gasteiger partial charge in [-0.2, -0.15) is 0 Å². The fraction of sp³-hybridized carbons (Fsp3) is 0.222. The van der Waals surface area contributed by atoms with Crippen molar-refractivity contribution in [1.82, 2.24) is 5.32 Å². The number of rotatable bonds is 8. The molecule has 0 aliphatic rings. The highest BCUT2D eigenvalue weighted by Crippen LogP contribution is 2.31. The van der Waals surface area contributed by atoms with Gasteiger partial charge in [0.25, 0.3) is 5.91 Å². The lowest BCUT2D eigenvalue weighted by atomic mass is 9.90. The zero-order chi connectivity index (χ0) is 24.7. The molecule has 0 aromatic heterocycles. The zero-order valence-corrected chi connectivity index (χ0v) is 19.4. The summed E-state index contributed by atoms with van der Waals surface area (Å²) >= 11 is 0. The third kappa shape index (κ3) is 6.30. The lowest BCUT2D eigenvalue weighted by Gasteiger charge is -2.15. The molecule has 0 aliphatic heterocycles. The van der Waals surface area contributed by atoms with E-state index in [1.165, 1.54) is 5.56 Å². The molecule has 176 valence electrons. The maximum Gasteiger partial charge on any atom is 0.320 e. The number of carboxylic acids is 1. The van der Waals surface area contributed by atoms with E-state index in [0.717, 1.165) is 22.3 Å². The van der Waals surface area contributed by atoms with E-state index in [-0.39, 0.29) is 12.4 Å². The molecule has 0 saturated carbocycles.